The summed E-state index contributed by atoms with van der Waals surface area (Å²) < 4.78 is 5.35. The summed E-state index contributed by atoms with van der Waals surface area (Å²) in [6.07, 6.45) is 3.53. The standard InChI is InChI=1S/C14H16ClN5O/c15-14-18-12(17-10-11-1-3-16-4-2-11)9-13(19-14)20-5-7-21-8-6-20/h1-4,9H,5-8,10H2,(H,17,18,19). The summed E-state index contributed by atoms with van der Waals surface area (Å²) in [5.74, 6) is 1.55. The number of morpholine rings is 1. The van der Waals surface area contributed by atoms with Crippen LogP contribution in [0.1, 0.15) is 5.56 Å². The summed E-state index contributed by atoms with van der Waals surface area (Å²) >= 11 is 6.02. The SMILES string of the molecule is Clc1nc(NCc2ccncc2)cc(N2CCOCC2)n1. The Hall–Kier alpha value is -1.92. The van der Waals surface area contributed by atoms with Crippen LogP contribution in [-0.2, 0) is 11.3 Å². The van der Waals surface area contributed by atoms with Crippen LogP contribution < -0.4 is 10.2 Å². The van der Waals surface area contributed by atoms with Crippen molar-refractivity contribution in [2.75, 3.05) is 36.5 Å². The fourth-order valence-electron chi connectivity index (χ4n) is 2.14. The minimum atomic E-state index is 0.247. The van der Waals surface area contributed by atoms with Crippen molar-refractivity contribution >= 4 is 23.2 Å². The lowest BCUT2D eigenvalue weighted by molar-refractivity contribution is 0.122. The van der Waals surface area contributed by atoms with Crippen LogP contribution in [0.15, 0.2) is 30.6 Å². The van der Waals surface area contributed by atoms with Crippen LogP contribution >= 0.6 is 11.6 Å². The maximum absolute atomic E-state index is 6.02. The molecule has 1 aliphatic heterocycles. The van der Waals surface area contributed by atoms with Gasteiger partial charge in [-0.05, 0) is 29.3 Å². The van der Waals surface area contributed by atoms with Crippen molar-refractivity contribution in [3.05, 3.63) is 41.4 Å². The van der Waals surface area contributed by atoms with Gasteiger partial charge in [-0.25, -0.2) is 9.97 Å². The van der Waals surface area contributed by atoms with E-state index in [1.54, 1.807) is 12.4 Å². The number of nitrogens with zero attached hydrogens (tertiary/aromatic N) is 4. The van der Waals surface area contributed by atoms with Gasteiger partial charge in [-0.3, -0.25) is 4.98 Å². The minimum absolute atomic E-state index is 0.247. The fraction of sp³-hybridized carbons (Fsp3) is 0.357. The van der Waals surface area contributed by atoms with Crippen molar-refractivity contribution in [3.63, 3.8) is 0 Å². The van der Waals surface area contributed by atoms with Gasteiger partial charge in [0, 0.05) is 38.1 Å². The van der Waals surface area contributed by atoms with E-state index in [2.05, 4.69) is 25.2 Å². The predicted molar refractivity (Wildman–Crippen MR) is 81.6 cm³/mol. The molecule has 0 radical (unpaired) electrons. The lowest BCUT2D eigenvalue weighted by Gasteiger charge is -2.28. The third kappa shape index (κ3) is 3.80. The summed E-state index contributed by atoms with van der Waals surface area (Å²) in [4.78, 5) is 14.6. The van der Waals surface area contributed by atoms with Crippen LogP contribution in [0.2, 0.25) is 5.28 Å². The summed E-state index contributed by atoms with van der Waals surface area (Å²) in [5.41, 5.74) is 1.13. The molecule has 6 nitrogen and oxygen atoms in total. The second-order valence-electron chi connectivity index (χ2n) is 4.69. The molecule has 1 N–H and O–H groups in total. The normalized spacial score (nSPS) is 15.0. The van der Waals surface area contributed by atoms with Crippen molar-refractivity contribution in [1.29, 1.82) is 0 Å². The van der Waals surface area contributed by atoms with E-state index in [1.165, 1.54) is 0 Å². The Morgan fingerprint density at radius 1 is 1.19 bits per heavy atom. The Balaban J connectivity index is 1.71. The number of ether oxygens (including phenoxy) is 1. The topological polar surface area (TPSA) is 63.2 Å². The number of hydrogen-bond donors (Lipinski definition) is 1. The number of nitrogens with one attached hydrogen (secondary N) is 1. The zero-order valence-corrected chi connectivity index (χ0v) is 12.3. The van der Waals surface area contributed by atoms with Crippen LogP contribution in [0.25, 0.3) is 0 Å². The molecule has 3 rings (SSSR count). The van der Waals surface area contributed by atoms with Crippen LogP contribution in [0, 0.1) is 0 Å². The van der Waals surface area contributed by atoms with E-state index in [0.29, 0.717) is 25.6 Å². The number of rotatable bonds is 4. The molecule has 0 spiro atoms. The molecule has 1 aliphatic rings. The molecule has 0 atom stereocenters. The highest BCUT2D eigenvalue weighted by Gasteiger charge is 2.14. The molecule has 2 aromatic rings. The molecule has 0 aliphatic carbocycles. The van der Waals surface area contributed by atoms with Crippen molar-refractivity contribution in [2.24, 2.45) is 0 Å². The molecule has 1 fully saturated rings. The first-order chi connectivity index (χ1) is 10.3. The molecule has 2 aromatic heterocycles. The molecular weight excluding hydrogens is 290 g/mol. The predicted octanol–water partition coefficient (Wildman–Crippen LogP) is 1.97. The van der Waals surface area contributed by atoms with Gasteiger partial charge in [0.15, 0.2) is 0 Å². The molecule has 0 aromatic carbocycles. The van der Waals surface area contributed by atoms with Crippen molar-refractivity contribution in [3.8, 4) is 0 Å². The van der Waals surface area contributed by atoms with Crippen molar-refractivity contribution in [1.82, 2.24) is 15.0 Å². The quantitative estimate of drug-likeness (QED) is 0.871. The molecule has 0 saturated carbocycles. The van der Waals surface area contributed by atoms with E-state index in [9.17, 15) is 0 Å². The van der Waals surface area contributed by atoms with Crippen LogP contribution in [-0.4, -0.2) is 41.3 Å². The Morgan fingerprint density at radius 2 is 1.95 bits per heavy atom. The highest BCUT2D eigenvalue weighted by Crippen LogP contribution is 2.19. The number of aromatic nitrogens is 3. The van der Waals surface area contributed by atoms with Gasteiger partial charge in [0.05, 0.1) is 13.2 Å². The molecule has 3 heterocycles. The highest BCUT2D eigenvalue weighted by molar-refractivity contribution is 6.28. The molecule has 7 heteroatoms. The van der Waals surface area contributed by atoms with Gasteiger partial charge in [-0.2, -0.15) is 0 Å². The smallest absolute Gasteiger partial charge is 0.226 e. The second-order valence-corrected chi connectivity index (χ2v) is 5.03. The third-order valence-electron chi connectivity index (χ3n) is 3.24. The summed E-state index contributed by atoms with van der Waals surface area (Å²) in [6, 6.07) is 5.83. The average Bonchev–Trinajstić information content (AvgIpc) is 2.54. The second kappa shape index (κ2) is 6.69. The summed E-state index contributed by atoms with van der Waals surface area (Å²) in [5, 5.41) is 3.51. The molecule has 21 heavy (non-hydrogen) atoms. The number of anilines is 2. The van der Waals surface area contributed by atoms with E-state index in [0.717, 1.165) is 24.5 Å². The highest BCUT2D eigenvalue weighted by atomic mass is 35.5. The fourth-order valence-corrected chi connectivity index (χ4v) is 2.32. The maximum atomic E-state index is 6.02. The molecule has 0 amide bonds. The Morgan fingerprint density at radius 3 is 2.71 bits per heavy atom. The van der Waals surface area contributed by atoms with Gasteiger partial charge in [0.1, 0.15) is 11.6 Å². The van der Waals surface area contributed by atoms with Gasteiger partial charge in [0.2, 0.25) is 5.28 Å². The molecular formula is C14H16ClN5O. The van der Waals surface area contributed by atoms with Crippen LogP contribution in [0.3, 0.4) is 0 Å². The number of pyridine rings is 1. The van der Waals surface area contributed by atoms with Crippen LogP contribution in [0.5, 0.6) is 0 Å². The van der Waals surface area contributed by atoms with Gasteiger partial charge in [-0.1, -0.05) is 0 Å². The summed E-state index contributed by atoms with van der Waals surface area (Å²) in [7, 11) is 0. The number of halogens is 1. The third-order valence-corrected chi connectivity index (χ3v) is 3.41. The average molecular weight is 306 g/mol. The Bertz CT molecular complexity index is 589. The van der Waals surface area contributed by atoms with Gasteiger partial charge in [-0.15, -0.1) is 0 Å². The van der Waals surface area contributed by atoms with Crippen LogP contribution in [0.4, 0.5) is 11.6 Å². The zero-order chi connectivity index (χ0) is 14.5. The van der Waals surface area contributed by atoms with E-state index >= 15 is 0 Å². The van der Waals surface area contributed by atoms with Crippen molar-refractivity contribution in [2.45, 2.75) is 6.54 Å². The monoisotopic (exact) mass is 305 g/mol. The molecule has 110 valence electrons. The van der Waals surface area contributed by atoms with E-state index in [1.807, 2.05) is 18.2 Å². The molecule has 0 unspecified atom stereocenters. The van der Waals surface area contributed by atoms with Crippen molar-refractivity contribution < 1.29 is 4.74 Å². The lowest BCUT2D eigenvalue weighted by Crippen LogP contribution is -2.36. The van der Waals surface area contributed by atoms with Gasteiger partial charge >= 0.3 is 0 Å². The van der Waals surface area contributed by atoms with Gasteiger partial charge in [0.25, 0.3) is 0 Å². The molecule has 1 saturated heterocycles. The largest absolute Gasteiger partial charge is 0.378 e. The van der Waals surface area contributed by atoms with E-state index < -0.39 is 0 Å². The lowest BCUT2D eigenvalue weighted by atomic mass is 10.3. The minimum Gasteiger partial charge on any atom is -0.378 e. The molecule has 0 bridgehead atoms. The first kappa shape index (κ1) is 14.0. The maximum Gasteiger partial charge on any atom is 0.226 e. The van der Waals surface area contributed by atoms with E-state index in [-0.39, 0.29) is 5.28 Å². The number of hydrogen-bond acceptors (Lipinski definition) is 6. The summed E-state index contributed by atoms with van der Waals surface area (Å²) in [6.45, 7) is 3.72. The Kier molecular flexibility index (Phi) is 4.47. The first-order valence-corrected chi connectivity index (χ1v) is 7.19. The van der Waals surface area contributed by atoms with Gasteiger partial charge < -0.3 is 15.0 Å². The Labute approximate surface area is 128 Å². The first-order valence-electron chi connectivity index (χ1n) is 6.81. The zero-order valence-electron chi connectivity index (χ0n) is 11.5. The van der Waals surface area contributed by atoms with E-state index in [4.69, 9.17) is 16.3 Å².